The second-order valence-electron chi connectivity index (χ2n) is 6.43. The predicted octanol–water partition coefficient (Wildman–Crippen LogP) is 5.07. The second kappa shape index (κ2) is 7.24. The zero-order chi connectivity index (χ0) is 18.7. The van der Waals surface area contributed by atoms with Crippen LogP contribution < -0.4 is 10.6 Å². The monoisotopic (exact) mass is 343 g/mol. The Hall–Kier alpha value is -3.39. The van der Waals surface area contributed by atoms with Crippen LogP contribution in [0.1, 0.15) is 27.9 Å². The molecular formula is C21H21N5. The third-order valence-corrected chi connectivity index (χ3v) is 4.05. The van der Waals surface area contributed by atoms with Crippen molar-refractivity contribution in [3.63, 3.8) is 0 Å². The lowest BCUT2D eigenvalue weighted by molar-refractivity contribution is 1.10. The summed E-state index contributed by atoms with van der Waals surface area (Å²) in [7, 11) is 0. The number of hydrogen-bond donors (Lipinski definition) is 2. The molecule has 0 fully saturated rings. The average molecular weight is 343 g/mol. The lowest BCUT2D eigenvalue weighted by Gasteiger charge is -2.14. The van der Waals surface area contributed by atoms with Gasteiger partial charge in [-0.3, -0.25) is 0 Å². The average Bonchev–Trinajstić information content (AvgIpc) is 2.58. The van der Waals surface area contributed by atoms with Crippen molar-refractivity contribution in [2.45, 2.75) is 27.7 Å². The highest BCUT2D eigenvalue weighted by molar-refractivity contribution is 5.65. The summed E-state index contributed by atoms with van der Waals surface area (Å²) in [6.07, 6.45) is 0. The second-order valence-corrected chi connectivity index (χ2v) is 6.43. The van der Waals surface area contributed by atoms with E-state index in [1.165, 1.54) is 5.56 Å². The van der Waals surface area contributed by atoms with E-state index >= 15 is 0 Å². The number of nitrogens with one attached hydrogen (secondary N) is 2. The molecule has 0 radical (unpaired) electrons. The van der Waals surface area contributed by atoms with E-state index in [0.717, 1.165) is 28.2 Å². The van der Waals surface area contributed by atoms with E-state index in [9.17, 15) is 0 Å². The Labute approximate surface area is 153 Å². The van der Waals surface area contributed by atoms with Crippen molar-refractivity contribution in [1.82, 2.24) is 9.97 Å². The van der Waals surface area contributed by atoms with Crippen molar-refractivity contribution in [2.24, 2.45) is 0 Å². The zero-order valence-electron chi connectivity index (χ0n) is 15.4. The standard InChI is InChI=1S/C21H21N5/c1-13-9-14(2)20(15(3)10-13)26-21-23-16(4)11-19(25-21)24-18-7-5-17(12-22)6-8-18/h5-11H,1-4H3,(H2,23,24,25,26). The van der Waals surface area contributed by atoms with Gasteiger partial charge in [-0.25, -0.2) is 4.98 Å². The Morgan fingerprint density at radius 3 is 2.12 bits per heavy atom. The quantitative estimate of drug-likeness (QED) is 0.692. The first-order valence-corrected chi connectivity index (χ1v) is 8.42. The van der Waals surface area contributed by atoms with Crippen LogP contribution in [-0.4, -0.2) is 9.97 Å². The van der Waals surface area contributed by atoms with E-state index in [4.69, 9.17) is 5.26 Å². The molecule has 0 saturated carbocycles. The summed E-state index contributed by atoms with van der Waals surface area (Å²) in [5.41, 5.74) is 6.95. The molecule has 130 valence electrons. The molecular weight excluding hydrogens is 322 g/mol. The summed E-state index contributed by atoms with van der Waals surface area (Å²) in [5, 5.41) is 15.5. The number of aryl methyl sites for hydroxylation is 4. The van der Waals surface area contributed by atoms with Gasteiger partial charge in [0, 0.05) is 23.1 Å². The summed E-state index contributed by atoms with van der Waals surface area (Å²) in [4.78, 5) is 9.07. The third-order valence-electron chi connectivity index (χ3n) is 4.05. The summed E-state index contributed by atoms with van der Waals surface area (Å²) >= 11 is 0. The van der Waals surface area contributed by atoms with Gasteiger partial charge in [0.2, 0.25) is 5.95 Å². The highest BCUT2D eigenvalue weighted by atomic mass is 15.1. The molecule has 3 aromatic rings. The van der Waals surface area contributed by atoms with Crippen molar-refractivity contribution >= 4 is 23.1 Å². The number of nitriles is 1. The van der Waals surface area contributed by atoms with Gasteiger partial charge in [0.05, 0.1) is 11.6 Å². The topological polar surface area (TPSA) is 73.6 Å². The van der Waals surface area contributed by atoms with E-state index < -0.39 is 0 Å². The van der Waals surface area contributed by atoms with Crippen LogP contribution in [0.2, 0.25) is 0 Å². The molecule has 0 unspecified atom stereocenters. The van der Waals surface area contributed by atoms with Gasteiger partial charge in [0.15, 0.2) is 0 Å². The number of nitrogens with zero attached hydrogens (tertiary/aromatic N) is 3. The Kier molecular flexibility index (Phi) is 4.85. The van der Waals surface area contributed by atoms with Gasteiger partial charge in [-0.1, -0.05) is 17.7 Å². The molecule has 0 aliphatic rings. The smallest absolute Gasteiger partial charge is 0.229 e. The van der Waals surface area contributed by atoms with E-state index in [0.29, 0.717) is 17.3 Å². The third kappa shape index (κ3) is 3.98. The normalized spacial score (nSPS) is 10.3. The molecule has 0 amide bonds. The largest absolute Gasteiger partial charge is 0.340 e. The van der Waals surface area contributed by atoms with Crippen molar-refractivity contribution in [1.29, 1.82) is 5.26 Å². The van der Waals surface area contributed by atoms with Gasteiger partial charge in [-0.2, -0.15) is 10.2 Å². The minimum atomic E-state index is 0.552. The number of aromatic nitrogens is 2. The molecule has 1 heterocycles. The molecule has 5 heteroatoms. The molecule has 0 atom stereocenters. The fourth-order valence-corrected chi connectivity index (χ4v) is 2.95. The van der Waals surface area contributed by atoms with E-state index in [2.05, 4.69) is 59.6 Å². The molecule has 3 rings (SSSR count). The molecule has 0 spiro atoms. The zero-order valence-corrected chi connectivity index (χ0v) is 15.4. The lowest BCUT2D eigenvalue weighted by Crippen LogP contribution is -2.04. The van der Waals surface area contributed by atoms with Gasteiger partial charge in [-0.15, -0.1) is 0 Å². The van der Waals surface area contributed by atoms with Crippen LogP contribution in [0.3, 0.4) is 0 Å². The Morgan fingerprint density at radius 1 is 0.846 bits per heavy atom. The maximum atomic E-state index is 8.89. The minimum absolute atomic E-state index is 0.552. The van der Waals surface area contributed by atoms with Crippen LogP contribution in [-0.2, 0) is 0 Å². The summed E-state index contributed by atoms with van der Waals surface area (Å²) in [5.74, 6) is 1.25. The molecule has 2 N–H and O–H groups in total. The molecule has 2 aromatic carbocycles. The van der Waals surface area contributed by atoms with Gasteiger partial charge in [0.1, 0.15) is 5.82 Å². The Balaban J connectivity index is 1.87. The van der Waals surface area contributed by atoms with Crippen molar-refractivity contribution in [3.8, 4) is 6.07 Å². The van der Waals surface area contributed by atoms with Gasteiger partial charge < -0.3 is 10.6 Å². The summed E-state index contributed by atoms with van der Waals surface area (Å²) in [6, 6.07) is 15.5. The molecule has 0 saturated heterocycles. The van der Waals surface area contributed by atoms with Crippen LogP contribution in [0.5, 0.6) is 0 Å². The molecule has 5 nitrogen and oxygen atoms in total. The van der Waals surface area contributed by atoms with Gasteiger partial charge >= 0.3 is 0 Å². The van der Waals surface area contributed by atoms with Crippen LogP contribution in [0.25, 0.3) is 0 Å². The Morgan fingerprint density at radius 2 is 1.50 bits per heavy atom. The van der Waals surface area contributed by atoms with E-state index in [1.54, 1.807) is 12.1 Å². The summed E-state index contributed by atoms with van der Waals surface area (Å²) in [6.45, 7) is 8.18. The lowest BCUT2D eigenvalue weighted by atomic mass is 10.1. The molecule has 26 heavy (non-hydrogen) atoms. The highest BCUT2D eigenvalue weighted by Gasteiger charge is 2.08. The molecule has 0 bridgehead atoms. The number of rotatable bonds is 4. The number of hydrogen-bond acceptors (Lipinski definition) is 5. The van der Waals surface area contributed by atoms with Crippen molar-refractivity contribution < 1.29 is 0 Å². The highest BCUT2D eigenvalue weighted by Crippen LogP contribution is 2.25. The van der Waals surface area contributed by atoms with Crippen molar-refractivity contribution in [3.05, 3.63) is 70.4 Å². The molecule has 1 aromatic heterocycles. The van der Waals surface area contributed by atoms with Crippen LogP contribution >= 0.6 is 0 Å². The number of benzene rings is 2. The van der Waals surface area contributed by atoms with Crippen LogP contribution in [0.15, 0.2) is 42.5 Å². The van der Waals surface area contributed by atoms with Crippen LogP contribution in [0, 0.1) is 39.0 Å². The number of anilines is 4. The molecule has 0 aliphatic heterocycles. The van der Waals surface area contributed by atoms with Gasteiger partial charge in [0.25, 0.3) is 0 Å². The summed E-state index contributed by atoms with van der Waals surface area (Å²) < 4.78 is 0. The Bertz CT molecular complexity index is 961. The van der Waals surface area contributed by atoms with E-state index in [-0.39, 0.29) is 0 Å². The van der Waals surface area contributed by atoms with Gasteiger partial charge in [-0.05, 0) is 63.1 Å². The maximum Gasteiger partial charge on any atom is 0.229 e. The fourth-order valence-electron chi connectivity index (χ4n) is 2.95. The van der Waals surface area contributed by atoms with Crippen LogP contribution in [0.4, 0.5) is 23.1 Å². The minimum Gasteiger partial charge on any atom is -0.340 e. The van der Waals surface area contributed by atoms with E-state index in [1.807, 2.05) is 25.1 Å². The first-order valence-electron chi connectivity index (χ1n) is 8.42. The fraction of sp³-hybridized carbons (Fsp3) is 0.190. The molecule has 0 aliphatic carbocycles. The maximum absolute atomic E-state index is 8.89. The van der Waals surface area contributed by atoms with Crippen molar-refractivity contribution in [2.75, 3.05) is 10.6 Å². The first kappa shape index (κ1) is 17.4. The first-order chi connectivity index (χ1) is 12.4. The predicted molar refractivity (Wildman–Crippen MR) is 105 cm³/mol. The SMILES string of the molecule is Cc1cc(C)c(Nc2nc(C)cc(Nc3ccc(C#N)cc3)n2)c(C)c1.